The number of alkyl halides is 3. The van der Waals surface area contributed by atoms with Crippen LogP contribution in [0.5, 0.6) is 5.75 Å². The van der Waals surface area contributed by atoms with Crippen LogP contribution in [-0.2, 0) is 0 Å². The zero-order chi connectivity index (χ0) is 14.9. The Morgan fingerprint density at radius 2 is 2.05 bits per heavy atom. The minimum atomic E-state index is -4.34. The van der Waals surface area contributed by atoms with Crippen molar-refractivity contribution in [3.8, 4) is 5.75 Å². The van der Waals surface area contributed by atoms with Crippen LogP contribution in [0.2, 0.25) is 0 Å². The van der Waals surface area contributed by atoms with Crippen molar-refractivity contribution in [3.63, 3.8) is 0 Å². The third-order valence-corrected chi connectivity index (χ3v) is 3.54. The molecule has 3 nitrogen and oxygen atoms in total. The molecule has 0 unspecified atom stereocenters. The second-order valence-electron chi connectivity index (χ2n) is 4.39. The van der Waals surface area contributed by atoms with Gasteiger partial charge in [0.1, 0.15) is 5.75 Å². The van der Waals surface area contributed by atoms with Gasteiger partial charge in [-0.1, -0.05) is 22.0 Å². The molecule has 0 radical (unpaired) electrons. The Kier molecular flexibility index (Phi) is 4.08. The lowest BCUT2D eigenvalue weighted by Crippen LogP contribution is -2.36. The Labute approximate surface area is 121 Å². The van der Waals surface area contributed by atoms with Crippen LogP contribution < -0.4 is 0 Å². The number of carbonyl (C=O) groups is 1. The zero-order valence-electron chi connectivity index (χ0n) is 10.2. The monoisotopic (exact) mass is 349 g/mol. The summed E-state index contributed by atoms with van der Waals surface area (Å²) in [6.45, 7) is -0.129. The highest BCUT2D eigenvalue weighted by Gasteiger charge is 2.35. The average Bonchev–Trinajstić information content (AvgIpc) is 2.40. The molecule has 1 aromatic rings. The van der Waals surface area contributed by atoms with Gasteiger partial charge in [0.15, 0.2) is 0 Å². The molecule has 2 rings (SSSR count). The number of hydrogen-bond donors (Lipinski definition) is 1. The van der Waals surface area contributed by atoms with Gasteiger partial charge in [0.05, 0.1) is 5.56 Å². The van der Waals surface area contributed by atoms with Crippen molar-refractivity contribution >= 4 is 21.8 Å². The molecule has 1 aliphatic rings. The minimum absolute atomic E-state index is 0.0177. The van der Waals surface area contributed by atoms with E-state index in [1.165, 1.54) is 17.0 Å². The maximum atomic E-state index is 12.5. The molecule has 0 bridgehead atoms. The van der Waals surface area contributed by atoms with Crippen molar-refractivity contribution in [2.75, 3.05) is 13.1 Å². The molecule has 1 amide bonds. The van der Waals surface area contributed by atoms with E-state index < -0.39 is 17.7 Å². The summed E-state index contributed by atoms with van der Waals surface area (Å²) in [7, 11) is 0. The second kappa shape index (κ2) is 5.47. The number of halogens is 4. The van der Waals surface area contributed by atoms with Crippen molar-refractivity contribution in [2.24, 2.45) is 0 Å². The molecule has 0 aromatic heterocycles. The lowest BCUT2D eigenvalue weighted by molar-refractivity contribution is -0.0957. The van der Waals surface area contributed by atoms with Crippen LogP contribution in [0.25, 0.3) is 0 Å². The molecule has 20 heavy (non-hydrogen) atoms. The fraction of sp³-hybridized carbons (Fsp3) is 0.308. The SMILES string of the molecule is O=C(c1cc(Br)ccc1O)N1CC=C(C(F)(F)F)CC1. The third-order valence-electron chi connectivity index (χ3n) is 3.05. The molecule has 108 valence electrons. The van der Waals surface area contributed by atoms with E-state index in [0.29, 0.717) is 4.47 Å². The number of benzene rings is 1. The predicted octanol–water partition coefficient (Wildman–Crippen LogP) is 3.49. The van der Waals surface area contributed by atoms with Gasteiger partial charge >= 0.3 is 6.18 Å². The maximum Gasteiger partial charge on any atom is 0.412 e. The van der Waals surface area contributed by atoms with Crippen molar-refractivity contribution in [1.82, 2.24) is 4.90 Å². The first kappa shape index (κ1) is 14.9. The van der Waals surface area contributed by atoms with Crippen molar-refractivity contribution in [2.45, 2.75) is 12.6 Å². The number of phenols is 1. The van der Waals surface area contributed by atoms with Gasteiger partial charge in [-0.25, -0.2) is 0 Å². The summed E-state index contributed by atoms with van der Waals surface area (Å²) in [5.74, 6) is -0.676. The molecule has 1 aliphatic heterocycles. The average molecular weight is 350 g/mol. The van der Waals surface area contributed by atoms with Crippen LogP contribution in [0.1, 0.15) is 16.8 Å². The van der Waals surface area contributed by atoms with E-state index in [2.05, 4.69) is 15.9 Å². The lowest BCUT2D eigenvalue weighted by atomic mass is 10.1. The molecule has 1 aromatic carbocycles. The van der Waals surface area contributed by atoms with Crippen LogP contribution >= 0.6 is 15.9 Å². The summed E-state index contributed by atoms with van der Waals surface area (Å²) in [6.07, 6.45) is -3.56. The standard InChI is InChI=1S/C13H11BrF3NO2/c14-9-1-2-11(19)10(7-9)12(20)18-5-3-8(4-6-18)13(15,16)17/h1-3,7,19H,4-6H2. The Balaban J connectivity index is 2.17. The molecule has 0 spiro atoms. The van der Waals surface area contributed by atoms with Crippen LogP contribution in [-0.4, -0.2) is 35.2 Å². The van der Waals surface area contributed by atoms with Gasteiger partial charge in [0.25, 0.3) is 5.91 Å². The van der Waals surface area contributed by atoms with Crippen LogP contribution in [0, 0.1) is 0 Å². The Hall–Kier alpha value is -1.50. The Morgan fingerprint density at radius 1 is 1.35 bits per heavy atom. The maximum absolute atomic E-state index is 12.5. The first-order valence-corrected chi connectivity index (χ1v) is 6.62. The number of nitrogens with zero attached hydrogens (tertiary/aromatic N) is 1. The molecular weight excluding hydrogens is 339 g/mol. The highest BCUT2D eigenvalue weighted by atomic mass is 79.9. The summed E-state index contributed by atoms with van der Waals surface area (Å²) in [4.78, 5) is 13.4. The molecule has 1 N–H and O–H groups in total. The molecule has 1 heterocycles. The summed E-state index contributed by atoms with van der Waals surface area (Å²) in [5, 5.41) is 9.65. The van der Waals surface area contributed by atoms with E-state index in [9.17, 15) is 23.1 Å². The first-order valence-electron chi connectivity index (χ1n) is 5.83. The van der Waals surface area contributed by atoms with Crippen molar-refractivity contribution in [1.29, 1.82) is 0 Å². The second-order valence-corrected chi connectivity index (χ2v) is 5.31. The summed E-state index contributed by atoms with van der Waals surface area (Å²) in [6, 6.07) is 4.38. The predicted molar refractivity (Wildman–Crippen MR) is 70.5 cm³/mol. The quantitative estimate of drug-likeness (QED) is 0.788. The zero-order valence-corrected chi connectivity index (χ0v) is 11.8. The molecule has 7 heteroatoms. The number of carbonyl (C=O) groups excluding carboxylic acids is 1. The molecular formula is C13H11BrF3NO2. The largest absolute Gasteiger partial charge is 0.507 e. The fourth-order valence-electron chi connectivity index (χ4n) is 1.96. The van der Waals surface area contributed by atoms with E-state index in [1.807, 2.05) is 0 Å². The molecule has 0 fully saturated rings. The normalized spacial score (nSPS) is 16.0. The number of phenolic OH excluding ortho intramolecular Hbond substituents is 1. The van der Waals surface area contributed by atoms with Gasteiger partial charge in [0, 0.05) is 23.1 Å². The highest BCUT2D eigenvalue weighted by molar-refractivity contribution is 9.10. The van der Waals surface area contributed by atoms with Crippen LogP contribution in [0.15, 0.2) is 34.3 Å². The molecule has 0 atom stereocenters. The van der Waals surface area contributed by atoms with E-state index in [0.717, 1.165) is 6.08 Å². The number of aromatic hydroxyl groups is 1. The van der Waals surface area contributed by atoms with Gasteiger partial charge in [-0.2, -0.15) is 13.2 Å². The summed E-state index contributed by atoms with van der Waals surface area (Å²) in [5.41, 5.74) is -0.539. The van der Waals surface area contributed by atoms with Crippen molar-refractivity contribution in [3.05, 3.63) is 39.9 Å². The Morgan fingerprint density at radius 3 is 2.60 bits per heavy atom. The molecule has 0 saturated heterocycles. The van der Waals surface area contributed by atoms with Gasteiger partial charge < -0.3 is 10.0 Å². The number of rotatable bonds is 1. The molecule has 0 saturated carbocycles. The number of amides is 1. The van der Waals surface area contributed by atoms with Crippen LogP contribution in [0.3, 0.4) is 0 Å². The lowest BCUT2D eigenvalue weighted by Gasteiger charge is -2.27. The van der Waals surface area contributed by atoms with Crippen molar-refractivity contribution < 1.29 is 23.1 Å². The van der Waals surface area contributed by atoms with Gasteiger partial charge in [-0.05, 0) is 24.6 Å². The van der Waals surface area contributed by atoms with E-state index in [1.54, 1.807) is 6.07 Å². The smallest absolute Gasteiger partial charge is 0.412 e. The first-order chi connectivity index (χ1) is 9.29. The minimum Gasteiger partial charge on any atom is -0.507 e. The summed E-state index contributed by atoms with van der Waals surface area (Å²) < 4.78 is 38.1. The number of hydrogen-bond acceptors (Lipinski definition) is 2. The third kappa shape index (κ3) is 3.15. The topological polar surface area (TPSA) is 40.5 Å². The Bertz CT molecular complexity index is 569. The van der Waals surface area contributed by atoms with Crippen LogP contribution in [0.4, 0.5) is 13.2 Å². The fourth-order valence-corrected chi connectivity index (χ4v) is 2.32. The van der Waals surface area contributed by atoms with Gasteiger partial charge in [-0.3, -0.25) is 4.79 Å². The van der Waals surface area contributed by atoms with E-state index in [-0.39, 0.29) is 30.8 Å². The van der Waals surface area contributed by atoms with E-state index >= 15 is 0 Å². The summed E-state index contributed by atoms with van der Waals surface area (Å²) >= 11 is 3.18. The van der Waals surface area contributed by atoms with E-state index in [4.69, 9.17) is 0 Å². The highest BCUT2D eigenvalue weighted by Crippen LogP contribution is 2.31. The van der Waals surface area contributed by atoms with Gasteiger partial charge in [0.2, 0.25) is 0 Å². The molecule has 0 aliphatic carbocycles. The van der Waals surface area contributed by atoms with Gasteiger partial charge in [-0.15, -0.1) is 0 Å².